The van der Waals surface area contributed by atoms with Crippen molar-refractivity contribution in [1.82, 2.24) is 9.55 Å². The minimum Gasteiger partial charge on any atom is -0.466 e. The molecule has 0 fully saturated rings. The maximum atomic E-state index is 14.1. The molecular weight excluding hydrogens is 472 g/mol. The minimum atomic E-state index is -0.925. The highest BCUT2D eigenvalue weighted by Crippen LogP contribution is 2.26. The lowest BCUT2D eigenvalue weighted by Gasteiger charge is -2.18. The lowest BCUT2D eigenvalue weighted by Crippen LogP contribution is -2.27. The molecule has 0 spiro atoms. The standard InChI is InChI=1S/C29H24N2O6/c1-35-25(32)19-24(29(34)36-2)37-27-23(18-20-12-6-3-7-13-20)28(33)31(22-16-10-5-11-17-22)26(30-27)21-14-8-4-9-15-21/h3-17,19H,18H2,1-2H3/b24-19-. The van der Waals surface area contributed by atoms with Gasteiger partial charge in [-0.05, 0) is 17.7 Å². The van der Waals surface area contributed by atoms with E-state index >= 15 is 0 Å². The summed E-state index contributed by atoms with van der Waals surface area (Å²) in [6.45, 7) is 0. The Morgan fingerprint density at radius 1 is 0.838 bits per heavy atom. The third-order valence-corrected chi connectivity index (χ3v) is 5.45. The zero-order valence-electron chi connectivity index (χ0n) is 20.3. The second-order valence-electron chi connectivity index (χ2n) is 7.85. The number of ether oxygens (including phenoxy) is 3. The van der Waals surface area contributed by atoms with Gasteiger partial charge in [-0.2, -0.15) is 4.98 Å². The fourth-order valence-electron chi connectivity index (χ4n) is 3.67. The van der Waals surface area contributed by atoms with Crippen LogP contribution in [0.4, 0.5) is 0 Å². The molecule has 4 rings (SSSR count). The maximum Gasteiger partial charge on any atom is 0.374 e. The summed E-state index contributed by atoms with van der Waals surface area (Å²) in [5, 5.41) is 0. The van der Waals surface area contributed by atoms with Crippen molar-refractivity contribution in [2.45, 2.75) is 6.42 Å². The Hall–Kier alpha value is -4.98. The molecule has 4 aromatic rings. The van der Waals surface area contributed by atoms with Crippen LogP contribution in [0.3, 0.4) is 0 Å². The van der Waals surface area contributed by atoms with Gasteiger partial charge < -0.3 is 14.2 Å². The number of hydrogen-bond acceptors (Lipinski definition) is 7. The van der Waals surface area contributed by atoms with Gasteiger partial charge in [0.1, 0.15) is 0 Å². The minimum absolute atomic E-state index is 0.125. The summed E-state index contributed by atoms with van der Waals surface area (Å²) in [6.07, 6.45) is 1.02. The molecule has 37 heavy (non-hydrogen) atoms. The first kappa shape index (κ1) is 25.1. The molecule has 0 aliphatic rings. The van der Waals surface area contributed by atoms with Gasteiger partial charge >= 0.3 is 11.9 Å². The molecular formula is C29H24N2O6. The Kier molecular flexibility index (Phi) is 7.90. The zero-order chi connectivity index (χ0) is 26.2. The highest BCUT2D eigenvalue weighted by Gasteiger charge is 2.24. The van der Waals surface area contributed by atoms with E-state index in [-0.39, 0.29) is 23.4 Å². The predicted molar refractivity (Wildman–Crippen MR) is 137 cm³/mol. The molecule has 1 aromatic heterocycles. The van der Waals surface area contributed by atoms with Gasteiger partial charge in [-0.25, -0.2) is 9.59 Å². The fourth-order valence-corrected chi connectivity index (χ4v) is 3.67. The molecule has 0 saturated heterocycles. The monoisotopic (exact) mass is 496 g/mol. The van der Waals surface area contributed by atoms with Gasteiger partial charge in [-0.15, -0.1) is 0 Å². The number of carbonyl (C=O) groups is 2. The van der Waals surface area contributed by atoms with Crippen LogP contribution in [0, 0.1) is 0 Å². The van der Waals surface area contributed by atoms with Crippen LogP contribution in [-0.4, -0.2) is 35.7 Å². The molecule has 0 N–H and O–H groups in total. The first-order valence-electron chi connectivity index (χ1n) is 11.4. The topological polar surface area (TPSA) is 96.7 Å². The van der Waals surface area contributed by atoms with Crippen LogP contribution in [0.2, 0.25) is 0 Å². The molecule has 0 atom stereocenters. The molecule has 0 aliphatic heterocycles. The SMILES string of the molecule is COC(=O)/C=C(\Oc1nc(-c2ccccc2)n(-c2ccccc2)c(=O)c1Cc1ccccc1)C(=O)OC. The van der Waals surface area contributed by atoms with E-state index in [0.717, 1.165) is 18.7 Å². The van der Waals surface area contributed by atoms with E-state index in [1.807, 2.05) is 78.9 Å². The average Bonchev–Trinajstić information content (AvgIpc) is 2.95. The van der Waals surface area contributed by atoms with Crippen LogP contribution >= 0.6 is 0 Å². The number of aromatic nitrogens is 2. The molecule has 0 bridgehead atoms. The van der Waals surface area contributed by atoms with E-state index in [9.17, 15) is 14.4 Å². The highest BCUT2D eigenvalue weighted by molar-refractivity contribution is 5.95. The van der Waals surface area contributed by atoms with Crippen LogP contribution in [-0.2, 0) is 25.5 Å². The number of carbonyl (C=O) groups excluding carboxylic acids is 2. The van der Waals surface area contributed by atoms with Crippen LogP contribution in [0.1, 0.15) is 11.1 Å². The van der Waals surface area contributed by atoms with Crippen molar-refractivity contribution in [3.05, 3.63) is 124 Å². The predicted octanol–water partition coefficient (Wildman–Crippen LogP) is 4.10. The normalized spacial score (nSPS) is 11.0. The third-order valence-electron chi connectivity index (χ3n) is 5.45. The lowest BCUT2D eigenvalue weighted by atomic mass is 10.1. The summed E-state index contributed by atoms with van der Waals surface area (Å²) < 4.78 is 16.8. The van der Waals surface area contributed by atoms with Gasteiger partial charge in [0.2, 0.25) is 11.6 Å². The van der Waals surface area contributed by atoms with Crippen LogP contribution < -0.4 is 10.3 Å². The Labute approximate surface area is 213 Å². The Balaban J connectivity index is 2.00. The van der Waals surface area contributed by atoms with Crippen molar-refractivity contribution in [3.8, 4) is 23.0 Å². The molecule has 186 valence electrons. The van der Waals surface area contributed by atoms with Gasteiger partial charge in [-0.1, -0.05) is 78.9 Å². The molecule has 0 aliphatic carbocycles. The Morgan fingerprint density at radius 2 is 1.43 bits per heavy atom. The van der Waals surface area contributed by atoms with Crippen LogP contribution in [0.15, 0.2) is 108 Å². The summed E-state index contributed by atoms with van der Waals surface area (Å²) >= 11 is 0. The second kappa shape index (κ2) is 11.6. The van der Waals surface area contributed by atoms with E-state index in [0.29, 0.717) is 17.1 Å². The van der Waals surface area contributed by atoms with Crippen LogP contribution in [0.25, 0.3) is 17.1 Å². The second-order valence-corrected chi connectivity index (χ2v) is 7.85. The van der Waals surface area contributed by atoms with Crippen molar-refractivity contribution < 1.29 is 23.8 Å². The Bertz CT molecular complexity index is 1480. The molecule has 1 heterocycles. The molecule has 0 radical (unpaired) electrons. The van der Waals surface area contributed by atoms with Crippen molar-refractivity contribution in [2.75, 3.05) is 14.2 Å². The molecule has 3 aromatic carbocycles. The first-order chi connectivity index (χ1) is 18.0. The number of esters is 2. The Morgan fingerprint density at radius 3 is 2.03 bits per heavy atom. The quantitative estimate of drug-likeness (QED) is 0.206. The van der Waals surface area contributed by atoms with E-state index in [1.54, 1.807) is 12.1 Å². The molecule has 8 nitrogen and oxygen atoms in total. The molecule has 0 amide bonds. The summed E-state index contributed by atoms with van der Waals surface area (Å²) in [5.41, 5.74) is 1.89. The van der Waals surface area contributed by atoms with E-state index in [2.05, 4.69) is 4.74 Å². The van der Waals surface area contributed by atoms with Gasteiger partial charge in [0.05, 0.1) is 31.5 Å². The lowest BCUT2D eigenvalue weighted by molar-refractivity contribution is -0.140. The van der Waals surface area contributed by atoms with E-state index in [4.69, 9.17) is 14.5 Å². The summed E-state index contributed by atoms with van der Waals surface area (Å²) in [7, 11) is 2.32. The summed E-state index contributed by atoms with van der Waals surface area (Å²) in [5.74, 6) is -2.05. The molecule has 8 heteroatoms. The first-order valence-corrected chi connectivity index (χ1v) is 11.4. The summed E-state index contributed by atoms with van der Waals surface area (Å²) in [6, 6.07) is 27.6. The smallest absolute Gasteiger partial charge is 0.374 e. The third kappa shape index (κ3) is 5.82. The van der Waals surface area contributed by atoms with Crippen molar-refractivity contribution in [3.63, 3.8) is 0 Å². The van der Waals surface area contributed by atoms with Crippen molar-refractivity contribution in [1.29, 1.82) is 0 Å². The van der Waals surface area contributed by atoms with Gasteiger partial charge in [0.25, 0.3) is 5.56 Å². The van der Waals surface area contributed by atoms with Crippen molar-refractivity contribution in [2.24, 2.45) is 0 Å². The fraction of sp³-hybridized carbons (Fsp3) is 0.103. The maximum absolute atomic E-state index is 14.1. The number of rotatable bonds is 8. The number of benzene rings is 3. The van der Waals surface area contributed by atoms with Gasteiger partial charge in [-0.3, -0.25) is 9.36 Å². The largest absolute Gasteiger partial charge is 0.466 e. The molecule has 0 unspecified atom stereocenters. The summed E-state index contributed by atoms with van der Waals surface area (Å²) in [4.78, 5) is 43.2. The average molecular weight is 497 g/mol. The van der Waals surface area contributed by atoms with E-state index < -0.39 is 17.7 Å². The number of methoxy groups -OCH3 is 2. The number of para-hydroxylation sites is 1. The van der Waals surface area contributed by atoms with E-state index in [1.165, 1.54) is 11.7 Å². The van der Waals surface area contributed by atoms with Gasteiger partial charge in [0.15, 0.2) is 5.82 Å². The molecule has 0 saturated carbocycles. The van der Waals surface area contributed by atoms with Crippen molar-refractivity contribution >= 4 is 11.9 Å². The van der Waals surface area contributed by atoms with Crippen LogP contribution in [0.5, 0.6) is 5.88 Å². The van der Waals surface area contributed by atoms with Gasteiger partial charge in [0, 0.05) is 12.0 Å². The number of hydrogen-bond donors (Lipinski definition) is 0. The number of nitrogens with zero attached hydrogens (tertiary/aromatic N) is 2. The zero-order valence-corrected chi connectivity index (χ0v) is 20.3. The highest BCUT2D eigenvalue weighted by atomic mass is 16.6.